The predicted molar refractivity (Wildman–Crippen MR) is 106 cm³/mol. The third-order valence-electron chi connectivity index (χ3n) is 5.37. The largest absolute Gasteiger partial charge is 0.350 e. The maximum Gasteiger partial charge on any atom is 0.259 e. The molecule has 1 amide bonds. The van der Waals surface area contributed by atoms with Gasteiger partial charge in [0.1, 0.15) is 5.56 Å². The van der Waals surface area contributed by atoms with Gasteiger partial charge in [-0.2, -0.15) is 0 Å². The van der Waals surface area contributed by atoms with E-state index in [1.165, 1.54) is 0 Å². The van der Waals surface area contributed by atoms with E-state index in [9.17, 15) is 9.59 Å². The Morgan fingerprint density at radius 2 is 2.04 bits per heavy atom. The zero-order valence-electron chi connectivity index (χ0n) is 15.7. The van der Waals surface area contributed by atoms with Crippen molar-refractivity contribution >= 4 is 16.8 Å². The molecule has 5 nitrogen and oxygen atoms in total. The highest BCUT2D eigenvalue weighted by Gasteiger charge is 2.31. The van der Waals surface area contributed by atoms with E-state index in [2.05, 4.69) is 4.98 Å². The maximum atomic E-state index is 13.4. The number of pyridine rings is 2. The molecule has 0 spiro atoms. The van der Waals surface area contributed by atoms with Crippen molar-refractivity contribution in [2.45, 2.75) is 32.2 Å². The molecule has 1 unspecified atom stereocenters. The molecule has 0 bridgehead atoms. The summed E-state index contributed by atoms with van der Waals surface area (Å²) in [7, 11) is 1.88. The van der Waals surface area contributed by atoms with E-state index >= 15 is 0 Å². The molecule has 3 aromatic rings. The fourth-order valence-electron chi connectivity index (χ4n) is 3.97. The van der Waals surface area contributed by atoms with Crippen LogP contribution >= 0.6 is 0 Å². The van der Waals surface area contributed by atoms with Gasteiger partial charge in [0.05, 0.1) is 17.3 Å². The summed E-state index contributed by atoms with van der Waals surface area (Å²) in [5.74, 6) is -0.200. The third kappa shape index (κ3) is 3.14. The van der Waals surface area contributed by atoms with E-state index < -0.39 is 0 Å². The molecule has 0 aliphatic carbocycles. The first-order valence-corrected chi connectivity index (χ1v) is 9.38. The lowest BCUT2D eigenvalue weighted by atomic mass is 9.97. The molecule has 1 aromatic carbocycles. The second-order valence-electron chi connectivity index (χ2n) is 7.27. The van der Waals surface area contributed by atoms with Crippen LogP contribution in [0.15, 0.2) is 53.6 Å². The molecule has 2 aromatic heterocycles. The van der Waals surface area contributed by atoms with Gasteiger partial charge in [-0.25, -0.2) is 0 Å². The van der Waals surface area contributed by atoms with Gasteiger partial charge in [0.2, 0.25) is 5.43 Å². The Bertz CT molecular complexity index is 1060. The molecule has 1 aliphatic rings. The molecule has 1 aliphatic heterocycles. The summed E-state index contributed by atoms with van der Waals surface area (Å²) < 4.78 is 1.86. The standard InChI is InChI=1S/C22H23N3O2/c1-15-9-10-19-16(13-15)21(26)17(14-24(19)2)22(27)25-12-6-4-8-20(25)18-7-3-5-11-23-18/h3,5,7,9-11,13-14,20H,4,6,8,12H2,1-2H3. The smallest absolute Gasteiger partial charge is 0.259 e. The van der Waals surface area contributed by atoms with Crippen LogP contribution < -0.4 is 5.43 Å². The van der Waals surface area contributed by atoms with Crippen LogP contribution in [0, 0.1) is 6.92 Å². The van der Waals surface area contributed by atoms with E-state index in [1.807, 2.05) is 59.8 Å². The molecule has 1 fully saturated rings. The van der Waals surface area contributed by atoms with E-state index in [-0.39, 0.29) is 22.9 Å². The molecule has 1 atom stereocenters. The van der Waals surface area contributed by atoms with Gasteiger partial charge in [-0.3, -0.25) is 14.6 Å². The van der Waals surface area contributed by atoms with Crippen LogP contribution in [0.1, 0.15) is 46.9 Å². The van der Waals surface area contributed by atoms with Gasteiger partial charge in [-0.05, 0) is 50.5 Å². The summed E-state index contributed by atoms with van der Waals surface area (Å²) >= 11 is 0. The van der Waals surface area contributed by atoms with Crippen LogP contribution in [-0.2, 0) is 7.05 Å². The lowest BCUT2D eigenvalue weighted by molar-refractivity contribution is 0.0604. The first-order chi connectivity index (χ1) is 13.1. The summed E-state index contributed by atoms with van der Waals surface area (Å²) in [5, 5.41) is 0.592. The first kappa shape index (κ1) is 17.5. The van der Waals surface area contributed by atoms with Crippen molar-refractivity contribution < 1.29 is 4.79 Å². The Kier molecular flexibility index (Phi) is 4.52. The minimum Gasteiger partial charge on any atom is -0.350 e. The number of benzene rings is 1. The van der Waals surface area contributed by atoms with Gasteiger partial charge in [0, 0.05) is 31.4 Å². The van der Waals surface area contributed by atoms with Crippen LogP contribution in [0.4, 0.5) is 0 Å². The lowest BCUT2D eigenvalue weighted by Crippen LogP contribution is -2.41. The van der Waals surface area contributed by atoms with Crippen LogP contribution in [-0.4, -0.2) is 26.9 Å². The number of carbonyl (C=O) groups is 1. The van der Waals surface area contributed by atoms with Gasteiger partial charge in [-0.15, -0.1) is 0 Å². The van der Waals surface area contributed by atoms with E-state index in [1.54, 1.807) is 12.4 Å². The number of piperidine rings is 1. The van der Waals surface area contributed by atoms with Crippen molar-refractivity contribution in [1.82, 2.24) is 14.5 Å². The maximum absolute atomic E-state index is 13.4. The summed E-state index contributed by atoms with van der Waals surface area (Å²) in [6, 6.07) is 11.5. The highest BCUT2D eigenvalue weighted by molar-refractivity contribution is 5.97. The van der Waals surface area contributed by atoms with Crippen molar-refractivity contribution in [3.63, 3.8) is 0 Å². The number of aromatic nitrogens is 2. The quantitative estimate of drug-likeness (QED) is 0.701. The molecular formula is C22H23N3O2. The molecule has 0 radical (unpaired) electrons. The number of aryl methyl sites for hydroxylation is 2. The number of nitrogens with zero attached hydrogens (tertiary/aromatic N) is 3. The van der Waals surface area contributed by atoms with Gasteiger partial charge in [0.25, 0.3) is 5.91 Å². The Labute approximate surface area is 158 Å². The highest BCUT2D eigenvalue weighted by atomic mass is 16.2. The minimum atomic E-state index is -0.200. The Morgan fingerprint density at radius 3 is 2.81 bits per heavy atom. The molecule has 138 valence electrons. The number of likely N-dealkylation sites (tertiary alicyclic amines) is 1. The van der Waals surface area contributed by atoms with E-state index in [4.69, 9.17) is 0 Å². The topological polar surface area (TPSA) is 55.2 Å². The summed E-state index contributed by atoms with van der Waals surface area (Å²) in [5.41, 5.74) is 2.77. The zero-order valence-corrected chi connectivity index (χ0v) is 15.7. The molecule has 1 saturated heterocycles. The van der Waals surface area contributed by atoms with E-state index in [0.717, 1.165) is 36.0 Å². The minimum absolute atomic E-state index is 0.0784. The average molecular weight is 361 g/mol. The van der Waals surface area contributed by atoms with Crippen LogP contribution in [0.25, 0.3) is 10.9 Å². The molecule has 5 heteroatoms. The Balaban J connectivity index is 1.79. The van der Waals surface area contributed by atoms with Gasteiger partial charge < -0.3 is 9.47 Å². The number of hydrogen-bond acceptors (Lipinski definition) is 3. The average Bonchev–Trinajstić information content (AvgIpc) is 2.70. The predicted octanol–water partition coefficient (Wildman–Crippen LogP) is 3.61. The van der Waals surface area contributed by atoms with Crippen molar-refractivity contribution in [3.05, 3.63) is 75.8 Å². The van der Waals surface area contributed by atoms with Crippen molar-refractivity contribution in [3.8, 4) is 0 Å². The molecule has 27 heavy (non-hydrogen) atoms. The normalized spacial score (nSPS) is 17.3. The monoisotopic (exact) mass is 361 g/mol. The molecule has 0 saturated carbocycles. The summed E-state index contributed by atoms with van der Waals surface area (Å²) in [6.07, 6.45) is 6.30. The zero-order chi connectivity index (χ0) is 19.0. The molecular weight excluding hydrogens is 338 g/mol. The SMILES string of the molecule is Cc1ccc2c(c1)c(=O)c(C(=O)N1CCCCC1c1ccccn1)cn2C. The summed E-state index contributed by atoms with van der Waals surface area (Å²) in [4.78, 5) is 32.7. The second kappa shape index (κ2) is 6.99. The van der Waals surface area contributed by atoms with Crippen molar-refractivity contribution in [2.75, 3.05) is 6.54 Å². The van der Waals surface area contributed by atoms with Crippen LogP contribution in [0.5, 0.6) is 0 Å². The Hall–Kier alpha value is -2.95. The Morgan fingerprint density at radius 1 is 1.19 bits per heavy atom. The van der Waals surface area contributed by atoms with Gasteiger partial charge in [-0.1, -0.05) is 17.7 Å². The third-order valence-corrected chi connectivity index (χ3v) is 5.37. The number of carbonyl (C=O) groups excluding carboxylic acids is 1. The second-order valence-corrected chi connectivity index (χ2v) is 7.27. The van der Waals surface area contributed by atoms with Crippen molar-refractivity contribution in [2.24, 2.45) is 7.05 Å². The summed E-state index contributed by atoms with van der Waals surface area (Å²) in [6.45, 7) is 2.60. The number of rotatable bonds is 2. The van der Waals surface area contributed by atoms with Gasteiger partial charge in [0.15, 0.2) is 0 Å². The van der Waals surface area contributed by atoms with Crippen molar-refractivity contribution in [1.29, 1.82) is 0 Å². The first-order valence-electron chi connectivity index (χ1n) is 9.38. The van der Waals surface area contributed by atoms with Crippen LogP contribution in [0.2, 0.25) is 0 Å². The van der Waals surface area contributed by atoms with Crippen LogP contribution in [0.3, 0.4) is 0 Å². The molecule has 0 N–H and O–H groups in total. The number of hydrogen-bond donors (Lipinski definition) is 0. The molecule has 3 heterocycles. The number of fused-ring (bicyclic) bond motifs is 1. The van der Waals surface area contributed by atoms with Gasteiger partial charge >= 0.3 is 0 Å². The fourth-order valence-corrected chi connectivity index (χ4v) is 3.97. The number of amides is 1. The van der Waals surface area contributed by atoms with E-state index in [0.29, 0.717) is 11.9 Å². The lowest BCUT2D eigenvalue weighted by Gasteiger charge is -2.35. The highest BCUT2D eigenvalue weighted by Crippen LogP contribution is 2.30. The molecule has 4 rings (SSSR count). The fraction of sp³-hybridized carbons (Fsp3) is 0.318.